The number of fused-ring (bicyclic) bond motifs is 2. The molecule has 1 aliphatic heterocycles. The van der Waals surface area contributed by atoms with Crippen molar-refractivity contribution < 1.29 is 4.79 Å². The molecule has 0 aliphatic carbocycles. The number of benzene rings is 1. The fraction of sp³-hybridized carbons (Fsp3) is 0.318. The predicted octanol–water partition coefficient (Wildman–Crippen LogP) is 3.41. The number of pyridine rings is 1. The summed E-state index contributed by atoms with van der Waals surface area (Å²) in [5, 5.41) is 8.17. The third-order valence-corrected chi connectivity index (χ3v) is 6.27. The molecule has 3 aromatic heterocycles. The monoisotopic (exact) mass is 388 g/mol. The average Bonchev–Trinajstić information content (AvgIpc) is 3.40. The fourth-order valence-electron chi connectivity index (χ4n) is 4.26. The summed E-state index contributed by atoms with van der Waals surface area (Å²) in [7, 11) is 4.04. The first kappa shape index (κ1) is 17.9. The summed E-state index contributed by atoms with van der Waals surface area (Å²) in [5.74, 6) is -0.141. The van der Waals surface area contributed by atoms with E-state index in [1.54, 1.807) is 10.9 Å². The first-order valence-corrected chi connectivity index (χ1v) is 9.88. The van der Waals surface area contributed by atoms with Gasteiger partial charge in [0, 0.05) is 30.4 Å². The molecule has 4 aromatic rings. The minimum absolute atomic E-state index is 0.0332. The number of carbonyl (C=O) groups is 1. The van der Waals surface area contributed by atoms with Gasteiger partial charge < -0.3 is 9.72 Å². The van der Waals surface area contributed by atoms with E-state index >= 15 is 0 Å². The van der Waals surface area contributed by atoms with E-state index in [1.165, 1.54) is 6.42 Å². The number of imidazole rings is 1. The van der Waals surface area contributed by atoms with Crippen LogP contribution in [0.1, 0.15) is 35.8 Å². The van der Waals surface area contributed by atoms with E-state index in [4.69, 9.17) is 4.98 Å². The van der Waals surface area contributed by atoms with Gasteiger partial charge in [-0.2, -0.15) is 5.10 Å². The summed E-state index contributed by atoms with van der Waals surface area (Å²) in [4.78, 5) is 19.9. The predicted molar refractivity (Wildman–Crippen MR) is 113 cm³/mol. The second-order valence-corrected chi connectivity index (χ2v) is 8.10. The van der Waals surface area contributed by atoms with E-state index in [2.05, 4.69) is 35.5 Å². The molecule has 1 saturated heterocycles. The van der Waals surface area contributed by atoms with Gasteiger partial charge in [0.05, 0.1) is 28.6 Å². The minimum Gasteiger partial charge on any atom is -0.321 e. The van der Waals surface area contributed by atoms with E-state index in [0.717, 1.165) is 40.9 Å². The van der Waals surface area contributed by atoms with Crippen molar-refractivity contribution in [3.63, 3.8) is 0 Å². The summed E-state index contributed by atoms with van der Waals surface area (Å²) in [5.41, 5.74) is 4.27. The molecule has 1 N–H and O–H groups in total. The molecule has 7 heteroatoms. The van der Waals surface area contributed by atoms with Crippen molar-refractivity contribution >= 4 is 28.1 Å². The van der Waals surface area contributed by atoms with Crippen LogP contribution in [0.15, 0.2) is 48.9 Å². The summed E-state index contributed by atoms with van der Waals surface area (Å²) in [6.45, 7) is 3.34. The first-order chi connectivity index (χ1) is 13.9. The van der Waals surface area contributed by atoms with Crippen LogP contribution in [0.4, 0.5) is 5.69 Å². The summed E-state index contributed by atoms with van der Waals surface area (Å²) in [6.07, 6.45) is 8.06. The maximum atomic E-state index is 12.7. The van der Waals surface area contributed by atoms with Crippen LogP contribution in [0.25, 0.3) is 16.6 Å². The van der Waals surface area contributed by atoms with Crippen molar-refractivity contribution in [2.45, 2.75) is 25.3 Å². The second kappa shape index (κ2) is 6.42. The highest BCUT2D eigenvalue weighted by molar-refractivity contribution is 6.06. The Kier molecular flexibility index (Phi) is 3.96. The van der Waals surface area contributed by atoms with Crippen LogP contribution in [0.3, 0.4) is 0 Å². The Bertz CT molecular complexity index is 1240. The first-order valence-electron chi connectivity index (χ1n) is 9.88. The molecule has 1 aromatic carbocycles. The zero-order chi connectivity index (χ0) is 20.2. The lowest BCUT2D eigenvalue weighted by Gasteiger charge is -2.30. The molecule has 29 heavy (non-hydrogen) atoms. The molecular formula is C22H24N6O. The van der Waals surface area contributed by atoms with Crippen molar-refractivity contribution in [3.05, 3.63) is 60.2 Å². The van der Waals surface area contributed by atoms with Crippen LogP contribution in [-0.2, 0) is 12.6 Å². The Labute approximate surface area is 169 Å². The van der Waals surface area contributed by atoms with E-state index < -0.39 is 0 Å². The standard InChI is InChI=1S/C22H24N6O/c1-22(9-4-10-26(22)2)19-14-28-13-17(6-8-20(28)25-19)24-21(29)15-5-7-18-16(11-15)12-23-27(18)3/h5-8,11-14H,4,9-10H2,1-3H3,(H,24,29)/t22-/m1/s1. The van der Waals surface area contributed by atoms with Gasteiger partial charge in [0.25, 0.3) is 5.91 Å². The van der Waals surface area contributed by atoms with Crippen LogP contribution in [-0.4, -0.2) is 43.6 Å². The Morgan fingerprint density at radius 1 is 1.17 bits per heavy atom. The summed E-state index contributed by atoms with van der Waals surface area (Å²) >= 11 is 0. The number of aromatic nitrogens is 4. The SMILES string of the molecule is CN1CCC[C@]1(C)c1cn2cc(NC(=O)c3ccc4c(cnn4C)c3)ccc2n1. The molecule has 0 spiro atoms. The Morgan fingerprint density at radius 3 is 2.83 bits per heavy atom. The van der Waals surface area contributed by atoms with Crippen molar-refractivity contribution in [3.8, 4) is 0 Å². The quantitative estimate of drug-likeness (QED) is 0.584. The maximum absolute atomic E-state index is 12.7. The highest BCUT2D eigenvalue weighted by Gasteiger charge is 2.37. The molecule has 5 rings (SSSR count). The van der Waals surface area contributed by atoms with Gasteiger partial charge in [-0.15, -0.1) is 0 Å². The molecule has 148 valence electrons. The number of anilines is 1. The topological polar surface area (TPSA) is 67.5 Å². The van der Waals surface area contributed by atoms with Crippen LogP contribution in [0, 0.1) is 0 Å². The molecule has 7 nitrogen and oxygen atoms in total. The molecule has 1 aliphatic rings. The molecular weight excluding hydrogens is 364 g/mol. The van der Waals surface area contributed by atoms with Crippen molar-refractivity contribution in [1.82, 2.24) is 24.1 Å². The third-order valence-electron chi connectivity index (χ3n) is 6.27. The van der Waals surface area contributed by atoms with Crippen LogP contribution < -0.4 is 5.32 Å². The van der Waals surface area contributed by atoms with Crippen molar-refractivity contribution in [1.29, 1.82) is 0 Å². The maximum Gasteiger partial charge on any atom is 0.255 e. The van der Waals surface area contributed by atoms with Gasteiger partial charge in [-0.25, -0.2) is 4.98 Å². The van der Waals surface area contributed by atoms with Crippen LogP contribution in [0.2, 0.25) is 0 Å². The number of rotatable bonds is 3. The van der Waals surface area contributed by atoms with E-state index in [0.29, 0.717) is 5.56 Å². The van der Waals surface area contributed by atoms with Gasteiger partial charge in [0.15, 0.2) is 0 Å². The molecule has 1 fully saturated rings. The van der Waals surface area contributed by atoms with Gasteiger partial charge in [-0.1, -0.05) is 0 Å². The highest BCUT2D eigenvalue weighted by atomic mass is 16.1. The third kappa shape index (κ3) is 2.89. The zero-order valence-electron chi connectivity index (χ0n) is 16.9. The number of likely N-dealkylation sites (tertiary alicyclic amines) is 1. The number of amides is 1. The largest absolute Gasteiger partial charge is 0.321 e. The van der Waals surface area contributed by atoms with E-state index in [1.807, 2.05) is 48.0 Å². The van der Waals surface area contributed by atoms with Crippen molar-refractivity contribution in [2.24, 2.45) is 7.05 Å². The number of hydrogen-bond donors (Lipinski definition) is 1. The number of hydrogen-bond acceptors (Lipinski definition) is 4. The van der Waals surface area contributed by atoms with E-state index in [9.17, 15) is 4.79 Å². The number of nitrogens with one attached hydrogen (secondary N) is 1. The van der Waals surface area contributed by atoms with Crippen molar-refractivity contribution in [2.75, 3.05) is 18.9 Å². The molecule has 4 heterocycles. The van der Waals surface area contributed by atoms with Gasteiger partial charge in [-0.05, 0) is 63.7 Å². The average molecular weight is 388 g/mol. The van der Waals surface area contributed by atoms with Gasteiger partial charge in [0.2, 0.25) is 0 Å². The minimum atomic E-state index is -0.141. The summed E-state index contributed by atoms with van der Waals surface area (Å²) < 4.78 is 3.79. The number of aryl methyl sites for hydroxylation is 1. The lowest BCUT2D eigenvalue weighted by molar-refractivity contribution is 0.102. The number of nitrogens with zero attached hydrogens (tertiary/aromatic N) is 5. The molecule has 0 radical (unpaired) electrons. The molecule has 0 saturated carbocycles. The van der Waals surface area contributed by atoms with Gasteiger partial charge >= 0.3 is 0 Å². The smallest absolute Gasteiger partial charge is 0.255 e. The van der Waals surface area contributed by atoms with E-state index in [-0.39, 0.29) is 11.4 Å². The Hall–Kier alpha value is -3.19. The highest BCUT2D eigenvalue weighted by Crippen LogP contribution is 2.36. The lowest BCUT2D eigenvalue weighted by atomic mass is 9.96. The molecule has 0 unspecified atom stereocenters. The number of carbonyl (C=O) groups excluding carboxylic acids is 1. The van der Waals surface area contributed by atoms with Gasteiger partial charge in [-0.3, -0.25) is 14.4 Å². The normalized spacial score (nSPS) is 20.0. The molecule has 1 amide bonds. The van der Waals surface area contributed by atoms with Crippen LogP contribution >= 0.6 is 0 Å². The fourth-order valence-corrected chi connectivity index (χ4v) is 4.26. The van der Waals surface area contributed by atoms with Gasteiger partial charge in [0.1, 0.15) is 5.65 Å². The molecule has 0 bridgehead atoms. The Morgan fingerprint density at radius 2 is 2.03 bits per heavy atom. The summed E-state index contributed by atoms with van der Waals surface area (Å²) in [6, 6.07) is 9.45. The second-order valence-electron chi connectivity index (χ2n) is 8.10. The van der Waals surface area contributed by atoms with Crippen LogP contribution in [0.5, 0.6) is 0 Å². The molecule has 1 atom stereocenters. The zero-order valence-corrected chi connectivity index (χ0v) is 16.9. The Balaban J connectivity index is 1.42. The lowest BCUT2D eigenvalue weighted by Crippen LogP contribution is -2.35.